The number of benzene rings is 1. The minimum atomic E-state index is -0.943. The van der Waals surface area contributed by atoms with Gasteiger partial charge in [-0.2, -0.15) is 0 Å². The van der Waals surface area contributed by atoms with Gasteiger partial charge in [-0.3, -0.25) is 4.79 Å². The number of hydrogen-bond acceptors (Lipinski definition) is 3. The Balaban J connectivity index is 2.94. The number of carbonyl (C=O) groups is 1. The summed E-state index contributed by atoms with van der Waals surface area (Å²) >= 11 is 5.89. The predicted octanol–water partition coefficient (Wildman–Crippen LogP) is 2.39. The van der Waals surface area contributed by atoms with Gasteiger partial charge in [0.1, 0.15) is 6.54 Å². The Morgan fingerprint density at radius 2 is 2.17 bits per heavy atom. The lowest BCUT2D eigenvalue weighted by Gasteiger charge is -2.31. The highest BCUT2D eigenvalue weighted by atomic mass is 35.5. The fourth-order valence-corrected chi connectivity index (χ4v) is 1.78. The standard InChI is InChI=1S/C13H18ClNO3/c1-3-13(2,18)9-15(8-12(16)17)11-6-4-5-10(14)7-11/h4-7,18H,3,8-9H2,1-2H3,(H,16,17). The summed E-state index contributed by atoms with van der Waals surface area (Å²) in [6, 6.07) is 6.95. The Morgan fingerprint density at radius 3 is 2.67 bits per heavy atom. The quantitative estimate of drug-likeness (QED) is 0.834. The second kappa shape index (κ2) is 6.07. The van der Waals surface area contributed by atoms with Crippen molar-refractivity contribution >= 4 is 23.3 Å². The third-order valence-corrected chi connectivity index (χ3v) is 3.03. The minimum absolute atomic E-state index is 0.170. The molecule has 1 aromatic rings. The van der Waals surface area contributed by atoms with E-state index in [9.17, 15) is 9.90 Å². The van der Waals surface area contributed by atoms with Crippen LogP contribution in [0.3, 0.4) is 0 Å². The van der Waals surface area contributed by atoms with Crippen molar-refractivity contribution < 1.29 is 15.0 Å². The number of nitrogens with zero attached hydrogens (tertiary/aromatic N) is 1. The molecule has 0 bridgehead atoms. The van der Waals surface area contributed by atoms with Crippen LogP contribution in [0.4, 0.5) is 5.69 Å². The molecule has 2 N–H and O–H groups in total. The fraction of sp³-hybridized carbons (Fsp3) is 0.462. The summed E-state index contributed by atoms with van der Waals surface area (Å²) in [6.45, 7) is 3.62. The molecule has 1 aromatic carbocycles. The Morgan fingerprint density at radius 1 is 1.50 bits per heavy atom. The molecule has 0 saturated carbocycles. The summed E-state index contributed by atoms with van der Waals surface area (Å²) in [7, 11) is 0. The molecule has 0 radical (unpaired) electrons. The molecule has 18 heavy (non-hydrogen) atoms. The van der Waals surface area contributed by atoms with E-state index >= 15 is 0 Å². The van der Waals surface area contributed by atoms with Crippen LogP contribution in [0, 0.1) is 0 Å². The molecule has 0 saturated heterocycles. The molecule has 1 unspecified atom stereocenters. The van der Waals surface area contributed by atoms with Crippen LogP contribution in [0.25, 0.3) is 0 Å². The summed E-state index contributed by atoms with van der Waals surface area (Å²) < 4.78 is 0. The lowest BCUT2D eigenvalue weighted by Crippen LogP contribution is -2.42. The van der Waals surface area contributed by atoms with Crippen LogP contribution in [0.5, 0.6) is 0 Å². The van der Waals surface area contributed by atoms with Crippen LogP contribution in [-0.2, 0) is 4.79 Å². The molecule has 4 nitrogen and oxygen atoms in total. The molecule has 0 spiro atoms. The van der Waals surface area contributed by atoms with E-state index in [1.165, 1.54) is 0 Å². The molecular weight excluding hydrogens is 254 g/mol. The predicted molar refractivity (Wildman–Crippen MR) is 72.2 cm³/mol. The SMILES string of the molecule is CCC(C)(O)CN(CC(=O)O)c1cccc(Cl)c1. The van der Waals surface area contributed by atoms with Gasteiger partial charge in [-0.1, -0.05) is 24.6 Å². The van der Waals surface area contributed by atoms with E-state index in [2.05, 4.69) is 0 Å². The first kappa shape index (κ1) is 14.8. The Bertz CT molecular complexity index is 420. The average molecular weight is 272 g/mol. The van der Waals surface area contributed by atoms with Crippen LogP contribution in [-0.4, -0.2) is 34.9 Å². The molecular formula is C13H18ClNO3. The van der Waals surface area contributed by atoms with Crippen LogP contribution in [0.2, 0.25) is 5.02 Å². The van der Waals surface area contributed by atoms with E-state index in [0.29, 0.717) is 17.1 Å². The Hall–Kier alpha value is -1.26. The number of aliphatic carboxylic acids is 1. The second-order valence-electron chi connectivity index (χ2n) is 4.58. The largest absolute Gasteiger partial charge is 0.480 e. The number of anilines is 1. The Labute approximate surface area is 112 Å². The van der Waals surface area contributed by atoms with Crippen LogP contribution >= 0.6 is 11.6 Å². The summed E-state index contributed by atoms with van der Waals surface area (Å²) in [5, 5.41) is 19.5. The lowest BCUT2D eigenvalue weighted by molar-refractivity contribution is -0.135. The zero-order valence-electron chi connectivity index (χ0n) is 10.6. The number of hydrogen-bond donors (Lipinski definition) is 2. The highest BCUT2D eigenvalue weighted by Crippen LogP contribution is 2.22. The highest BCUT2D eigenvalue weighted by Gasteiger charge is 2.23. The van der Waals surface area contributed by atoms with Gasteiger partial charge in [-0.25, -0.2) is 0 Å². The van der Waals surface area contributed by atoms with E-state index in [4.69, 9.17) is 16.7 Å². The number of aliphatic hydroxyl groups is 1. The van der Waals surface area contributed by atoms with E-state index in [0.717, 1.165) is 0 Å². The Kier molecular flexibility index (Phi) is 4.99. The third kappa shape index (κ3) is 4.55. The molecule has 100 valence electrons. The molecule has 0 amide bonds. The van der Waals surface area contributed by atoms with E-state index in [1.54, 1.807) is 36.1 Å². The number of halogens is 1. The molecule has 0 aliphatic carbocycles. The summed E-state index contributed by atoms with van der Waals surface area (Å²) in [5.41, 5.74) is -0.240. The zero-order valence-corrected chi connectivity index (χ0v) is 11.3. The second-order valence-corrected chi connectivity index (χ2v) is 5.02. The monoisotopic (exact) mass is 271 g/mol. The normalized spacial score (nSPS) is 14.0. The third-order valence-electron chi connectivity index (χ3n) is 2.79. The molecule has 5 heteroatoms. The maximum absolute atomic E-state index is 10.9. The van der Waals surface area contributed by atoms with Crippen molar-refractivity contribution in [3.05, 3.63) is 29.3 Å². The van der Waals surface area contributed by atoms with Gasteiger partial charge in [0.2, 0.25) is 0 Å². The first-order valence-electron chi connectivity index (χ1n) is 5.79. The van der Waals surface area contributed by atoms with Gasteiger partial charge < -0.3 is 15.1 Å². The maximum atomic E-state index is 10.9. The minimum Gasteiger partial charge on any atom is -0.480 e. The van der Waals surface area contributed by atoms with Crippen molar-refractivity contribution in [1.29, 1.82) is 0 Å². The summed E-state index contributed by atoms with van der Waals surface area (Å²) in [4.78, 5) is 12.5. The van der Waals surface area contributed by atoms with Crippen LogP contribution in [0.15, 0.2) is 24.3 Å². The van der Waals surface area contributed by atoms with Gasteiger partial charge in [-0.15, -0.1) is 0 Å². The number of carboxylic acid groups (broad SMARTS) is 1. The lowest BCUT2D eigenvalue weighted by atomic mass is 10.0. The first-order chi connectivity index (χ1) is 8.34. The van der Waals surface area contributed by atoms with Gasteiger partial charge in [0, 0.05) is 17.3 Å². The molecule has 0 aliphatic heterocycles. The van der Waals surface area contributed by atoms with Crippen molar-refractivity contribution in [2.24, 2.45) is 0 Å². The van der Waals surface area contributed by atoms with Crippen molar-refractivity contribution in [2.45, 2.75) is 25.9 Å². The average Bonchev–Trinajstić information content (AvgIpc) is 2.27. The molecule has 0 aliphatic rings. The van der Waals surface area contributed by atoms with E-state index in [-0.39, 0.29) is 13.1 Å². The topological polar surface area (TPSA) is 60.8 Å². The van der Waals surface area contributed by atoms with Crippen LogP contribution in [0.1, 0.15) is 20.3 Å². The van der Waals surface area contributed by atoms with Gasteiger partial charge in [0.15, 0.2) is 0 Å². The smallest absolute Gasteiger partial charge is 0.323 e. The van der Waals surface area contributed by atoms with Crippen molar-refractivity contribution in [1.82, 2.24) is 0 Å². The molecule has 1 atom stereocenters. The number of rotatable bonds is 6. The van der Waals surface area contributed by atoms with Crippen molar-refractivity contribution in [3.63, 3.8) is 0 Å². The molecule has 0 fully saturated rings. The number of carboxylic acids is 1. The molecule has 1 rings (SSSR count). The first-order valence-corrected chi connectivity index (χ1v) is 6.16. The molecule has 0 heterocycles. The highest BCUT2D eigenvalue weighted by molar-refractivity contribution is 6.30. The van der Waals surface area contributed by atoms with E-state index in [1.807, 2.05) is 6.92 Å². The van der Waals surface area contributed by atoms with Gasteiger partial charge in [-0.05, 0) is 31.5 Å². The maximum Gasteiger partial charge on any atom is 0.323 e. The van der Waals surface area contributed by atoms with Crippen LogP contribution < -0.4 is 4.90 Å². The van der Waals surface area contributed by atoms with Gasteiger partial charge in [0.25, 0.3) is 0 Å². The fourth-order valence-electron chi connectivity index (χ4n) is 1.60. The summed E-state index contributed by atoms with van der Waals surface area (Å²) in [6.07, 6.45) is 0.545. The van der Waals surface area contributed by atoms with E-state index < -0.39 is 11.6 Å². The zero-order chi connectivity index (χ0) is 13.8. The van der Waals surface area contributed by atoms with Gasteiger partial charge >= 0.3 is 5.97 Å². The summed E-state index contributed by atoms with van der Waals surface area (Å²) in [5.74, 6) is -0.943. The molecule has 0 aromatic heterocycles. The van der Waals surface area contributed by atoms with Crippen molar-refractivity contribution in [3.8, 4) is 0 Å². The van der Waals surface area contributed by atoms with Gasteiger partial charge in [0.05, 0.1) is 5.60 Å². The van der Waals surface area contributed by atoms with Crippen molar-refractivity contribution in [2.75, 3.05) is 18.0 Å².